The summed E-state index contributed by atoms with van der Waals surface area (Å²) in [6.07, 6.45) is 10.9. The molecule has 0 aromatic heterocycles. The highest BCUT2D eigenvalue weighted by Crippen LogP contribution is 2.18. The first kappa shape index (κ1) is 8.26. The third-order valence-electron chi connectivity index (χ3n) is 2.89. The number of fused-ring (bicyclic) bond motifs is 2. The molecule has 0 heterocycles. The van der Waals surface area contributed by atoms with E-state index in [1.165, 1.54) is 21.6 Å². The van der Waals surface area contributed by atoms with E-state index in [9.17, 15) is 0 Å². The Morgan fingerprint density at radius 1 is 1.07 bits per heavy atom. The molecule has 2 aliphatic rings. The van der Waals surface area contributed by atoms with Crippen molar-refractivity contribution in [1.29, 1.82) is 5.26 Å². The van der Waals surface area contributed by atoms with Crippen LogP contribution < -0.4 is 10.4 Å². The summed E-state index contributed by atoms with van der Waals surface area (Å²) >= 11 is 0. The zero-order valence-electron chi connectivity index (χ0n) is 8.20. The van der Waals surface area contributed by atoms with Crippen LogP contribution in [-0.4, -0.2) is 0 Å². The first-order chi connectivity index (χ1) is 7.38. The molecule has 0 N–H and O–H groups in total. The molecule has 1 heteroatoms. The van der Waals surface area contributed by atoms with Crippen LogP contribution in [0, 0.1) is 11.3 Å². The Balaban J connectivity index is 2.22. The maximum absolute atomic E-state index is 8.72. The van der Waals surface area contributed by atoms with Crippen LogP contribution in [0.4, 0.5) is 0 Å². The fraction of sp³-hybridized carbons (Fsp3) is 0.0714. The second-order valence-corrected chi connectivity index (χ2v) is 3.79. The van der Waals surface area contributed by atoms with Gasteiger partial charge in [-0.3, -0.25) is 0 Å². The van der Waals surface area contributed by atoms with E-state index in [-0.39, 0.29) is 0 Å². The second-order valence-electron chi connectivity index (χ2n) is 3.79. The highest BCUT2D eigenvalue weighted by atomic mass is 14.2. The van der Waals surface area contributed by atoms with E-state index >= 15 is 0 Å². The topological polar surface area (TPSA) is 23.8 Å². The zero-order valence-corrected chi connectivity index (χ0v) is 8.20. The van der Waals surface area contributed by atoms with Crippen molar-refractivity contribution in [2.24, 2.45) is 0 Å². The number of nitrogens with zero attached hydrogens (tertiary/aromatic N) is 1. The predicted octanol–water partition coefficient (Wildman–Crippen LogP) is 1.59. The number of benzene rings is 1. The minimum Gasteiger partial charge on any atom is -0.198 e. The molecule has 0 spiro atoms. The lowest BCUT2D eigenvalue weighted by Gasteiger charge is -2.01. The van der Waals surface area contributed by atoms with Gasteiger partial charge in [0.05, 0.1) is 12.5 Å². The largest absolute Gasteiger partial charge is 0.198 e. The quantitative estimate of drug-likeness (QED) is 0.661. The number of rotatable bonds is 1. The summed E-state index contributed by atoms with van der Waals surface area (Å²) < 4.78 is 0. The average molecular weight is 191 g/mol. The van der Waals surface area contributed by atoms with Gasteiger partial charge in [0.2, 0.25) is 0 Å². The molecular weight excluding hydrogens is 182 g/mol. The van der Waals surface area contributed by atoms with Crippen molar-refractivity contribution in [3.63, 3.8) is 0 Å². The molecule has 0 saturated heterocycles. The number of nitriles is 1. The van der Waals surface area contributed by atoms with E-state index in [1.54, 1.807) is 0 Å². The van der Waals surface area contributed by atoms with Gasteiger partial charge in [0, 0.05) is 0 Å². The summed E-state index contributed by atoms with van der Waals surface area (Å²) in [7, 11) is 0. The molecule has 0 radical (unpaired) electrons. The highest BCUT2D eigenvalue weighted by Gasteiger charge is 2.09. The lowest BCUT2D eigenvalue weighted by molar-refractivity contribution is 1.35. The Labute approximate surface area is 88.0 Å². The molecular formula is C14H9N. The van der Waals surface area contributed by atoms with Gasteiger partial charge in [-0.15, -0.1) is 0 Å². The van der Waals surface area contributed by atoms with Crippen molar-refractivity contribution < 1.29 is 0 Å². The molecule has 1 nitrogen and oxygen atoms in total. The van der Waals surface area contributed by atoms with E-state index in [4.69, 9.17) is 5.26 Å². The smallest absolute Gasteiger partial charge is 0.0669 e. The fourth-order valence-electron chi connectivity index (χ4n) is 2.13. The van der Waals surface area contributed by atoms with Crippen LogP contribution in [0.3, 0.4) is 0 Å². The Bertz CT molecular complexity index is 652. The van der Waals surface area contributed by atoms with Crippen LogP contribution in [-0.2, 0) is 0 Å². The van der Waals surface area contributed by atoms with Gasteiger partial charge < -0.3 is 0 Å². The molecule has 0 atom stereocenters. The SMILES string of the molecule is N#CCC1=CC=c2cc3c(cc21)=CC=C3. The lowest BCUT2D eigenvalue weighted by atomic mass is 10.0. The predicted molar refractivity (Wildman–Crippen MR) is 61.9 cm³/mol. The molecule has 1 aromatic carbocycles. The van der Waals surface area contributed by atoms with E-state index in [2.05, 4.69) is 42.5 Å². The summed E-state index contributed by atoms with van der Waals surface area (Å²) in [5.41, 5.74) is 3.63. The van der Waals surface area contributed by atoms with Crippen LogP contribution in [0.5, 0.6) is 0 Å². The van der Waals surface area contributed by atoms with Gasteiger partial charge in [0.15, 0.2) is 0 Å². The molecule has 0 unspecified atom stereocenters. The molecule has 1 aromatic rings. The molecule has 2 aliphatic carbocycles. The van der Waals surface area contributed by atoms with Gasteiger partial charge in [0.1, 0.15) is 0 Å². The summed E-state index contributed by atoms with van der Waals surface area (Å²) in [6.45, 7) is 0. The van der Waals surface area contributed by atoms with Crippen molar-refractivity contribution in [3.8, 4) is 6.07 Å². The molecule has 3 rings (SSSR count). The maximum Gasteiger partial charge on any atom is 0.0669 e. The molecule has 0 saturated carbocycles. The summed E-state index contributed by atoms with van der Waals surface area (Å²) in [5, 5.41) is 11.2. The standard InChI is InChI=1S/C14H9N/c15-7-6-10-4-5-13-8-11-2-1-3-12(11)9-14(10)13/h1-5,8-9H,6H2. The second kappa shape index (κ2) is 2.96. The molecule has 0 amide bonds. The minimum atomic E-state index is 0.496. The first-order valence-electron chi connectivity index (χ1n) is 4.99. The Morgan fingerprint density at radius 3 is 2.87 bits per heavy atom. The van der Waals surface area contributed by atoms with Crippen LogP contribution in [0.1, 0.15) is 17.5 Å². The summed E-state index contributed by atoms with van der Waals surface area (Å²) in [6, 6.07) is 6.57. The van der Waals surface area contributed by atoms with Crippen molar-refractivity contribution >= 4 is 23.8 Å². The molecule has 70 valence electrons. The molecule has 15 heavy (non-hydrogen) atoms. The zero-order chi connectivity index (χ0) is 10.3. The Kier molecular flexibility index (Phi) is 1.63. The minimum absolute atomic E-state index is 0.496. The van der Waals surface area contributed by atoms with Crippen molar-refractivity contribution in [3.05, 3.63) is 45.8 Å². The third-order valence-corrected chi connectivity index (χ3v) is 2.89. The maximum atomic E-state index is 8.72. The van der Waals surface area contributed by atoms with Gasteiger partial charge in [-0.1, -0.05) is 30.4 Å². The van der Waals surface area contributed by atoms with Gasteiger partial charge in [-0.25, -0.2) is 0 Å². The van der Waals surface area contributed by atoms with Crippen molar-refractivity contribution in [2.75, 3.05) is 0 Å². The van der Waals surface area contributed by atoms with Gasteiger partial charge >= 0.3 is 0 Å². The van der Waals surface area contributed by atoms with E-state index in [1.807, 2.05) is 6.08 Å². The molecule has 0 bridgehead atoms. The third kappa shape index (κ3) is 1.15. The molecule has 0 aliphatic heterocycles. The van der Waals surface area contributed by atoms with E-state index < -0.39 is 0 Å². The number of hydrogen-bond donors (Lipinski definition) is 0. The van der Waals surface area contributed by atoms with Crippen molar-refractivity contribution in [1.82, 2.24) is 0 Å². The molecule has 0 fully saturated rings. The van der Waals surface area contributed by atoms with Gasteiger partial charge in [0.25, 0.3) is 0 Å². The lowest BCUT2D eigenvalue weighted by Crippen LogP contribution is -2.14. The Hall–Kier alpha value is -2.07. The summed E-state index contributed by atoms with van der Waals surface area (Å²) in [5.74, 6) is 0. The van der Waals surface area contributed by atoms with Crippen LogP contribution in [0.15, 0.2) is 24.3 Å². The highest BCUT2D eigenvalue weighted by molar-refractivity contribution is 5.81. The number of hydrogen-bond acceptors (Lipinski definition) is 1. The average Bonchev–Trinajstić information content (AvgIpc) is 2.82. The summed E-state index contributed by atoms with van der Waals surface area (Å²) in [4.78, 5) is 0. The normalized spacial score (nSPS) is 14.7. The first-order valence-corrected chi connectivity index (χ1v) is 4.99. The van der Waals surface area contributed by atoms with Gasteiger partial charge in [-0.2, -0.15) is 5.26 Å². The van der Waals surface area contributed by atoms with Crippen LogP contribution in [0.2, 0.25) is 0 Å². The van der Waals surface area contributed by atoms with Crippen molar-refractivity contribution in [2.45, 2.75) is 6.42 Å². The van der Waals surface area contributed by atoms with E-state index in [0.717, 1.165) is 5.57 Å². The monoisotopic (exact) mass is 191 g/mol. The number of allylic oxidation sites excluding steroid dienone is 3. The van der Waals surface area contributed by atoms with E-state index in [0.29, 0.717) is 6.42 Å². The van der Waals surface area contributed by atoms with Gasteiger partial charge in [-0.05, 0) is 39.3 Å². The van der Waals surface area contributed by atoms with Crippen LogP contribution >= 0.6 is 0 Å². The fourth-order valence-corrected chi connectivity index (χ4v) is 2.13. The van der Waals surface area contributed by atoms with Crippen LogP contribution in [0.25, 0.3) is 23.8 Å². The Morgan fingerprint density at radius 2 is 2.00 bits per heavy atom.